The van der Waals surface area contributed by atoms with Gasteiger partial charge in [0.2, 0.25) is 0 Å². The lowest BCUT2D eigenvalue weighted by molar-refractivity contribution is 0.0599. The van der Waals surface area contributed by atoms with Crippen molar-refractivity contribution >= 4 is 12.0 Å². The van der Waals surface area contributed by atoms with Crippen LogP contribution in [0.2, 0.25) is 0 Å². The molecule has 4 nitrogen and oxygen atoms in total. The number of hydrogen-bond donors (Lipinski definition) is 1. The molecular weight excluding hydrogens is 208 g/mol. The minimum absolute atomic E-state index is 0.409. The van der Waals surface area contributed by atoms with Gasteiger partial charge in [-0.3, -0.25) is 0 Å². The summed E-state index contributed by atoms with van der Waals surface area (Å²) in [6.07, 6.45) is 1.16. The second kappa shape index (κ2) is 4.99. The molecule has 0 spiro atoms. The molecule has 0 radical (unpaired) electrons. The molecule has 1 N–H and O–H groups in total. The van der Waals surface area contributed by atoms with Crippen molar-refractivity contribution in [1.82, 2.24) is 0 Å². The van der Waals surface area contributed by atoms with Gasteiger partial charge in [0.25, 0.3) is 0 Å². The Kier molecular flexibility index (Phi) is 3.90. The van der Waals surface area contributed by atoms with Gasteiger partial charge in [0, 0.05) is 0 Å². The molecule has 0 aromatic carbocycles. The van der Waals surface area contributed by atoms with Crippen LogP contribution in [0.5, 0.6) is 0 Å². The number of aryl methyl sites for hydroxylation is 1. The second-order valence-electron chi connectivity index (χ2n) is 3.67. The van der Waals surface area contributed by atoms with Gasteiger partial charge in [0.15, 0.2) is 0 Å². The molecule has 4 heteroatoms. The van der Waals surface area contributed by atoms with Crippen LogP contribution in [0, 0.1) is 6.92 Å². The number of aliphatic hydroxyl groups is 1. The summed E-state index contributed by atoms with van der Waals surface area (Å²) in [5, 5.41) is 9.31. The van der Waals surface area contributed by atoms with Crippen molar-refractivity contribution in [3.8, 4) is 0 Å². The average Bonchev–Trinajstić information content (AvgIpc) is 2.58. The molecule has 0 amide bonds. The molecule has 1 unspecified atom stereocenters. The van der Waals surface area contributed by atoms with Gasteiger partial charge in [-0.25, -0.2) is 4.79 Å². The van der Waals surface area contributed by atoms with E-state index in [-0.39, 0.29) is 0 Å². The topological polar surface area (TPSA) is 59.7 Å². The van der Waals surface area contributed by atoms with Crippen LogP contribution >= 0.6 is 0 Å². The number of rotatable bonds is 3. The van der Waals surface area contributed by atoms with Crippen LogP contribution in [0.1, 0.15) is 35.7 Å². The Hall–Kier alpha value is -1.55. The quantitative estimate of drug-likeness (QED) is 0.799. The zero-order chi connectivity index (χ0) is 12.3. The van der Waals surface area contributed by atoms with Crippen LogP contribution < -0.4 is 0 Å². The number of furan rings is 1. The number of carbonyl (C=O) groups excluding carboxylic acids is 1. The van der Waals surface area contributed by atoms with Crippen molar-refractivity contribution in [1.29, 1.82) is 0 Å². The Bertz CT molecular complexity index is 413. The van der Waals surface area contributed by atoms with Gasteiger partial charge in [0.1, 0.15) is 17.1 Å². The Morgan fingerprint density at radius 3 is 2.75 bits per heavy atom. The Morgan fingerprint density at radius 1 is 1.62 bits per heavy atom. The smallest absolute Gasteiger partial charge is 0.341 e. The first-order valence-electron chi connectivity index (χ1n) is 5.00. The van der Waals surface area contributed by atoms with E-state index in [1.54, 1.807) is 32.9 Å². The summed E-state index contributed by atoms with van der Waals surface area (Å²) in [6, 6.07) is 1.60. The minimum atomic E-state index is -0.535. The highest BCUT2D eigenvalue weighted by atomic mass is 16.5. The first-order valence-corrected chi connectivity index (χ1v) is 5.00. The van der Waals surface area contributed by atoms with E-state index in [2.05, 4.69) is 4.74 Å². The molecule has 0 aliphatic carbocycles. The fraction of sp³-hybridized carbons (Fsp3) is 0.417. The lowest BCUT2D eigenvalue weighted by Gasteiger charge is -2.01. The van der Waals surface area contributed by atoms with Crippen molar-refractivity contribution in [2.45, 2.75) is 26.9 Å². The van der Waals surface area contributed by atoms with Gasteiger partial charge < -0.3 is 14.3 Å². The summed E-state index contributed by atoms with van der Waals surface area (Å²) in [7, 11) is 1.32. The third-order valence-corrected chi connectivity index (χ3v) is 2.37. The molecule has 1 aromatic rings. The van der Waals surface area contributed by atoms with Crippen molar-refractivity contribution in [2.24, 2.45) is 0 Å². The van der Waals surface area contributed by atoms with Gasteiger partial charge in [-0.1, -0.05) is 0 Å². The van der Waals surface area contributed by atoms with E-state index < -0.39 is 12.1 Å². The first-order chi connectivity index (χ1) is 7.45. The molecule has 0 saturated heterocycles. The van der Waals surface area contributed by atoms with Gasteiger partial charge in [-0.15, -0.1) is 0 Å². The predicted molar refractivity (Wildman–Crippen MR) is 60.1 cm³/mol. The fourth-order valence-electron chi connectivity index (χ4n) is 1.23. The van der Waals surface area contributed by atoms with E-state index in [1.165, 1.54) is 7.11 Å². The lowest BCUT2D eigenvalue weighted by Crippen LogP contribution is -2.01. The molecule has 16 heavy (non-hydrogen) atoms. The standard InChI is InChI=1S/C12H16O4/c1-7(8(2)13)5-10-6-11(9(3)16-10)12(14)15-4/h5-6,8,13H,1-4H3/b7-5-. The van der Waals surface area contributed by atoms with Crippen molar-refractivity contribution < 1.29 is 19.1 Å². The van der Waals surface area contributed by atoms with E-state index >= 15 is 0 Å². The summed E-state index contributed by atoms with van der Waals surface area (Å²) in [6.45, 7) is 5.16. The zero-order valence-electron chi connectivity index (χ0n) is 9.90. The second-order valence-corrected chi connectivity index (χ2v) is 3.67. The summed E-state index contributed by atoms with van der Waals surface area (Å²) >= 11 is 0. The number of hydrogen-bond acceptors (Lipinski definition) is 4. The third kappa shape index (κ3) is 2.73. The molecule has 0 bridgehead atoms. The zero-order valence-corrected chi connectivity index (χ0v) is 9.90. The molecule has 1 heterocycles. The number of aliphatic hydroxyl groups excluding tert-OH is 1. The maximum atomic E-state index is 11.3. The van der Waals surface area contributed by atoms with Crippen LogP contribution in [0.15, 0.2) is 16.1 Å². The van der Waals surface area contributed by atoms with E-state index in [0.717, 1.165) is 5.57 Å². The number of carbonyl (C=O) groups is 1. The summed E-state index contributed by atoms with van der Waals surface area (Å²) in [5.74, 6) is 0.628. The van der Waals surface area contributed by atoms with Gasteiger partial charge in [-0.2, -0.15) is 0 Å². The van der Waals surface area contributed by atoms with Crippen molar-refractivity contribution in [2.75, 3.05) is 7.11 Å². The predicted octanol–water partition coefficient (Wildman–Crippen LogP) is 2.16. The molecule has 0 aliphatic rings. The van der Waals surface area contributed by atoms with E-state index in [9.17, 15) is 9.90 Å². The summed E-state index contributed by atoms with van der Waals surface area (Å²) < 4.78 is 9.98. The Morgan fingerprint density at radius 2 is 2.25 bits per heavy atom. The summed E-state index contributed by atoms with van der Waals surface area (Å²) in [4.78, 5) is 11.3. The monoisotopic (exact) mass is 224 g/mol. The molecule has 0 fully saturated rings. The fourth-order valence-corrected chi connectivity index (χ4v) is 1.23. The molecular formula is C12H16O4. The largest absolute Gasteiger partial charge is 0.465 e. The van der Waals surface area contributed by atoms with Gasteiger partial charge >= 0.3 is 5.97 Å². The molecule has 0 saturated carbocycles. The van der Waals surface area contributed by atoms with Crippen LogP contribution in [-0.2, 0) is 4.74 Å². The SMILES string of the molecule is COC(=O)c1cc(/C=C(/C)C(C)O)oc1C. The van der Waals surface area contributed by atoms with Gasteiger partial charge in [-0.05, 0) is 38.5 Å². The molecule has 1 atom stereocenters. The maximum absolute atomic E-state index is 11.3. The highest BCUT2D eigenvalue weighted by molar-refractivity contribution is 5.91. The maximum Gasteiger partial charge on any atom is 0.341 e. The highest BCUT2D eigenvalue weighted by Crippen LogP contribution is 2.18. The molecule has 1 aromatic heterocycles. The van der Waals surface area contributed by atoms with Crippen molar-refractivity contribution in [3.05, 3.63) is 28.7 Å². The molecule has 88 valence electrons. The minimum Gasteiger partial charge on any atom is -0.465 e. The van der Waals surface area contributed by atoms with Crippen LogP contribution in [0.3, 0.4) is 0 Å². The Labute approximate surface area is 94.5 Å². The number of ether oxygens (including phenoxy) is 1. The van der Waals surface area contributed by atoms with E-state index in [1.807, 2.05) is 0 Å². The third-order valence-electron chi connectivity index (χ3n) is 2.37. The van der Waals surface area contributed by atoms with Crippen molar-refractivity contribution in [3.63, 3.8) is 0 Å². The number of esters is 1. The van der Waals surface area contributed by atoms with E-state index in [4.69, 9.17) is 4.42 Å². The lowest BCUT2D eigenvalue weighted by atomic mass is 10.1. The molecule has 1 rings (SSSR count). The number of methoxy groups -OCH3 is 1. The highest BCUT2D eigenvalue weighted by Gasteiger charge is 2.14. The first kappa shape index (κ1) is 12.5. The molecule has 0 aliphatic heterocycles. The Balaban J connectivity index is 3.02. The van der Waals surface area contributed by atoms with Gasteiger partial charge in [0.05, 0.1) is 13.2 Å². The summed E-state index contributed by atoms with van der Waals surface area (Å²) in [5.41, 5.74) is 1.18. The van der Waals surface area contributed by atoms with Crippen LogP contribution in [-0.4, -0.2) is 24.3 Å². The van der Waals surface area contributed by atoms with Crippen LogP contribution in [0.25, 0.3) is 6.08 Å². The van der Waals surface area contributed by atoms with Crippen LogP contribution in [0.4, 0.5) is 0 Å². The van der Waals surface area contributed by atoms with E-state index in [0.29, 0.717) is 17.1 Å². The normalized spacial score (nSPS) is 13.7. The average molecular weight is 224 g/mol.